The van der Waals surface area contributed by atoms with E-state index in [2.05, 4.69) is 5.32 Å². The van der Waals surface area contributed by atoms with Crippen LogP contribution in [0.15, 0.2) is 69.9 Å². The molecule has 0 fully saturated rings. The van der Waals surface area contributed by atoms with Gasteiger partial charge in [-0.3, -0.25) is 9.59 Å². The first-order chi connectivity index (χ1) is 15.3. The quantitative estimate of drug-likeness (QED) is 0.368. The van der Waals surface area contributed by atoms with E-state index in [0.717, 1.165) is 11.1 Å². The molecule has 162 valence electrons. The Bertz CT molecular complexity index is 1370. The van der Waals surface area contributed by atoms with Crippen molar-refractivity contribution in [1.82, 2.24) is 0 Å². The predicted octanol–water partition coefficient (Wildman–Crippen LogP) is 6.40. The van der Waals surface area contributed by atoms with Crippen molar-refractivity contribution in [1.29, 1.82) is 0 Å². The lowest BCUT2D eigenvalue weighted by molar-refractivity contribution is -0.118. The van der Waals surface area contributed by atoms with Crippen LogP contribution in [-0.4, -0.2) is 12.5 Å². The Hall–Kier alpha value is -3.28. The average molecular weight is 468 g/mol. The number of halogens is 2. The Morgan fingerprint density at radius 3 is 2.44 bits per heavy atom. The molecule has 0 atom stereocenters. The number of amides is 1. The molecule has 0 saturated heterocycles. The number of benzene rings is 3. The number of ether oxygens (including phenoxy) is 1. The minimum Gasteiger partial charge on any atom is -0.476 e. The number of carbonyl (C=O) groups excluding carboxylic acids is 1. The Balaban J connectivity index is 1.71. The molecule has 0 aliphatic carbocycles. The fraction of sp³-hybridized carbons (Fsp3) is 0.120. The molecule has 3 aromatic carbocycles. The number of hydrogen-bond donors (Lipinski definition) is 1. The minimum absolute atomic E-state index is 0.108. The molecule has 5 nitrogen and oxygen atoms in total. The first-order valence-corrected chi connectivity index (χ1v) is 10.6. The second-order valence-corrected chi connectivity index (χ2v) is 8.27. The van der Waals surface area contributed by atoms with E-state index in [9.17, 15) is 9.59 Å². The summed E-state index contributed by atoms with van der Waals surface area (Å²) in [7, 11) is 0. The van der Waals surface area contributed by atoms with Crippen molar-refractivity contribution in [2.75, 3.05) is 11.9 Å². The maximum Gasteiger partial charge on any atom is 0.262 e. The average Bonchev–Trinajstić information content (AvgIpc) is 2.73. The maximum absolute atomic E-state index is 13.2. The van der Waals surface area contributed by atoms with Gasteiger partial charge in [0.15, 0.2) is 12.4 Å². The van der Waals surface area contributed by atoms with Crippen LogP contribution in [0.2, 0.25) is 10.0 Å². The molecular weight excluding hydrogens is 449 g/mol. The van der Waals surface area contributed by atoms with Gasteiger partial charge in [-0.1, -0.05) is 41.4 Å². The summed E-state index contributed by atoms with van der Waals surface area (Å²) in [5.74, 6) is -0.372. The van der Waals surface area contributed by atoms with Crippen molar-refractivity contribution in [3.63, 3.8) is 0 Å². The van der Waals surface area contributed by atoms with E-state index in [-0.39, 0.29) is 23.5 Å². The molecule has 0 aliphatic heterocycles. The van der Waals surface area contributed by atoms with E-state index < -0.39 is 11.3 Å². The lowest BCUT2D eigenvalue weighted by Gasteiger charge is -2.13. The first kappa shape index (κ1) is 21.9. The monoisotopic (exact) mass is 467 g/mol. The van der Waals surface area contributed by atoms with Gasteiger partial charge < -0.3 is 14.5 Å². The van der Waals surface area contributed by atoms with Crippen LogP contribution in [0.4, 0.5) is 5.69 Å². The van der Waals surface area contributed by atoms with Gasteiger partial charge in [0.1, 0.15) is 5.58 Å². The highest BCUT2D eigenvalue weighted by molar-refractivity contribution is 6.33. The molecule has 0 aliphatic rings. The molecule has 4 aromatic rings. The topological polar surface area (TPSA) is 68.5 Å². The minimum atomic E-state index is -0.442. The number of hydrogen-bond acceptors (Lipinski definition) is 4. The fourth-order valence-corrected chi connectivity index (χ4v) is 3.88. The summed E-state index contributed by atoms with van der Waals surface area (Å²) in [6.07, 6.45) is 0. The second kappa shape index (κ2) is 9.07. The van der Waals surface area contributed by atoms with Gasteiger partial charge in [-0.25, -0.2) is 0 Å². The third kappa shape index (κ3) is 4.64. The van der Waals surface area contributed by atoms with Crippen LogP contribution in [0.25, 0.3) is 22.3 Å². The molecule has 1 amide bonds. The van der Waals surface area contributed by atoms with E-state index in [1.54, 1.807) is 36.4 Å². The summed E-state index contributed by atoms with van der Waals surface area (Å²) in [5, 5.41) is 3.80. The molecule has 0 bridgehead atoms. The van der Waals surface area contributed by atoms with Gasteiger partial charge in [0.25, 0.3) is 5.91 Å². The molecular formula is C25H19Cl2NO4. The van der Waals surface area contributed by atoms with Gasteiger partial charge in [0, 0.05) is 16.3 Å². The van der Waals surface area contributed by atoms with E-state index in [0.29, 0.717) is 26.9 Å². The number of nitrogens with one attached hydrogen (secondary N) is 1. The van der Waals surface area contributed by atoms with Crippen LogP contribution in [0.1, 0.15) is 11.1 Å². The summed E-state index contributed by atoms with van der Waals surface area (Å²) in [6.45, 7) is 3.50. The number of anilines is 1. The molecule has 0 saturated carbocycles. The van der Waals surface area contributed by atoms with Crippen molar-refractivity contribution in [2.24, 2.45) is 0 Å². The van der Waals surface area contributed by atoms with Crippen LogP contribution < -0.4 is 15.5 Å². The molecule has 4 rings (SSSR count). The Kier molecular flexibility index (Phi) is 6.21. The highest BCUT2D eigenvalue weighted by Crippen LogP contribution is 2.35. The molecule has 0 unspecified atom stereocenters. The van der Waals surface area contributed by atoms with Gasteiger partial charge in [0.05, 0.1) is 10.4 Å². The third-order valence-electron chi connectivity index (χ3n) is 4.78. The van der Waals surface area contributed by atoms with Crippen molar-refractivity contribution in [2.45, 2.75) is 13.8 Å². The van der Waals surface area contributed by atoms with Crippen LogP contribution in [0, 0.1) is 13.8 Å². The lowest BCUT2D eigenvalue weighted by Crippen LogP contribution is -2.22. The zero-order chi connectivity index (χ0) is 22.8. The number of aryl methyl sites for hydroxylation is 2. The third-order valence-corrected chi connectivity index (χ3v) is 5.35. The van der Waals surface area contributed by atoms with Crippen LogP contribution in [0.3, 0.4) is 0 Å². The van der Waals surface area contributed by atoms with Gasteiger partial charge in [-0.05, 0) is 67.4 Å². The Morgan fingerprint density at radius 1 is 1.00 bits per heavy atom. The van der Waals surface area contributed by atoms with Crippen molar-refractivity contribution < 1.29 is 13.9 Å². The maximum atomic E-state index is 13.2. The van der Waals surface area contributed by atoms with E-state index in [1.165, 1.54) is 6.07 Å². The zero-order valence-corrected chi connectivity index (χ0v) is 18.9. The molecule has 0 radical (unpaired) electrons. The van der Waals surface area contributed by atoms with E-state index in [4.69, 9.17) is 32.4 Å². The molecule has 32 heavy (non-hydrogen) atoms. The SMILES string of the molecule is Cc1cc(C)cc(NC(=O)COc2c(-c3ccccc3Cl)oc3ccc(Cl)cc3c2=O)c1. The molecule has 1 heterocycles. The van der Waals surface area contributed by atoms with Gasteiger partial charge in [-0.2, -0.15) is 0 Å². The highest BCUT2D eigenvalue weighted by atomic mass is 35.5. The number of carbonyl (C=O) groups is 1. The second-order valence-electron chi connectivity index (χ2n) is 7.42. The lowest BCUT2D eigenvalue weighted by atomic mass is 10.1. The summed E-state index contributed by atoms with van der Waals surface area (Å²) in [4.78, 5) is 25.8. The van der Waals surface area contributed by atoms with Crippen molar-refractivity contribution >= 4 is 45.8 Å². The summed E-state index contributed by atoms with van der Waals surface area (Å²) in [5.41, 5.74) is 3.07. The summed E-state index contributed by atoms with van der Waals surface area (Å²) >= 11 is 12.4. The van der Waals surface area contributed by atoms with E-state index in [1.807, 2.05) is 32.0 Å². The largest absolute Gasteiger partial charge is 0.476 e. The van der Waals surface area contributed by atoms with Crippen molar-refractivity contribution in [3.05, 3.63) is 92.1 Å². The first-order valence-electron chi connectivity index (χ1n) is 9.84. The van der Waals surface area contributed by atoms with E-state index >= 15 is 0 Å². The highest BCUT2D eigenvalue weighted by Gasteiger charge is 2.21. The molecule has 1 aromatic heterocycles. The summed E-state index contributed by atoms with van der Waals surface area (Å²) in [6, 6.07) is 17.4. The van der Waals surface area contributed by atoms with Crippen LogP contribution >= 0.6 is 23.2 Å². The standard InChI is InChI=1S/C25H19Cl2NO4/c1-14-9-15(2)11-17(10-14)28-22(29)13-31-25-23(30)19-12-16(26)7-8-21(19)32-24(25)18-5-3-4-6-20(18)27/h3-12H,13H2,1-2H3,(H,28,29). The smallest absolute Gasteiger partial charge is 0.262 e. The predicted molar refractivity (Wildman–Crippen MR) is 128 cm³/mol. The van der Waals surface area contributed by atoms with Crippen LogP contribution in [0.5, 0.6) is 5.75 Å². The summed E-state index contributed by atoms with van der Waals surface area (Å²) < 4.78 is 11.7. The van der Waals surface area contributed by atoms with Gasteiger partial charge in [0.2, 0.25) is 11.2 Å². The van der Waals surface area contributed by atoms with Crippen molar-refractivity contribution in [3.8, 4) is 17.1 Å². The molecule has 0 spiro atoms. The number of rotatable bonds is 5. The fourth-order valence-electron chi connectivity index (χ4n) is 3.49. The van der Waals surface area contributed by atoms with Gasteiger partial charge in [-0.15, -0.1) is 0 Å². The normalized spacial score (nSPS) is 10.9. The Morgan fingerprint density at radius 2 is 1.72 bits per heavy atom. The number of fused-ring (bicyclic) bond motifs is 1. The van der Waals surface area contributed by atoms with Gasteiger partial charge >= 0.3 is 0 Å². The molecule has 7 heteroatoms. The van der Waals surface area contributed by atoms with Crippen LogP contribution in [-0.2, 0) is 4.79 Å². The Labute approximate surface area is 194 Å². The molecule has 1 N–H and O–H groups in total. The zero-order valence-electron chi connectivity index (χ0n) is 17.4.